The summed E-state index contributed by atoms with van der Waals surface area (Å²) in [4.78, 5) is 16.0. The molecule has 1 amide bonds. The van der Waals surface area contributed by atoms with Gasteiger partial charge in [0.25, 0.3) is 0 Å². The normalized spacial score (nSPS) is 33.4. The summed E-state index contributed by atoms with van der Waals surface area (Å²) in [6.45, 7) is 8.06. The van der Waals surface area contributed by atoms with E-state index in [9.17, 15) is 4.79 Å². The molecule has 5 heteroatoms. The van der Waals surface area contributed by atoms with Gasteiger partial charge in [-0.3, -0.25) is 9.69 Å². The molecule has 0 radical (unpaired) electrons. The Morgan fingerprint density at radius 2 is 2.11 bits per heavy atom. The van der Waals surface area contributed by atoms with Crippen LogP contribution in [0.15, 0.2) is 0 Å². The highest BCUT2D eigenvalue weighted by atomic mass is 16.5. The van der Waals surface area contributed by atoms with Crippen molar-refractivity contribution in [1.82, 2.24) is 9.80 Å². The zero-order valence-corrected chi connectivity index (χ0v) is 11.8. The summed E-state index contributed by atoms with van der Waals surface area (Å²) in [5.41, 5.74) is -0.310. The van der Waals surface area contributed by atoms with Crippen LogP contribution in [0.5, 0.6) is 0 Å². The maximum Gasteiger partial charge on any atom is 0.219 e. The first-order chi connectivity index (χ1) is 9.17. The third kappa shape index (κ3) is 3.27. The SMILES string of the molecule is CC(=O)N1CCOC[C@]2(CN(CC3CC3)CCO2)C1. The molecule has 1 atom stereocenters. The number of amides is 1. The zero-order chi connectivity index (χ0) is 13.3. The average Bonchev–Trinajstić information content (AvgIpc) is 3.18. The van der Waals surface area contributed by atoms with Crippen LogP contribution in [0.2, 0.25) is 0 Å². The highest BCUT2D eigenvalue weighted by Gasteiger charge is 2.41. The Morgan fingerprint density at radius 3 is 2.84 bits per heavy atom. The minimum atomic E-state index is -0.310. The molecular formula is C14H24N2O3. The fraction of sp³-hybridized carbons (Fsp3) is 0.929. The summed E-state index contributed by atoms with van der Waals surface area (Å²) in [6, 6.07) is 0. The highest BCUT2D eigenvalue weighted by Crippen LogP contribution is 2.31. The lowest BCUT2D eigenvalue weighted by Crippen LogP contribution is -2.59. The molecule has 3 rings (SSSR count). The van der Waals surface area contributed by atoms with E-state index in [2.05, 4.69) is 4.90 Å². The first-order valence-corrected chi connectivity index (χ1v) is 7.36. The first-order valence-electron chi connectivity index (χ1n) is 7.36. The monoisotopic (exact) mass is 268 g/mol. The molecule has 3 fully saturated rings. The number of carbonyl (C=O) groups excluding carboxylic acids is 1. The predicted molar refractivity (Wildman–Crippen MR) is 70.9 cm³/mol. The van der Waals surface area contributed by atoms with E-state index in [-0.39, 0.29) is 11.5 Å². The lowest BCUT2D eigenvalue weighted by Gasteiger charge is -2.43. The number of ether oxygens (including phenoxy) is 2. The number of hydrogen-bond acceptors (Lipinski definition) is 4. The molecule has 0 aromatic carbocycles. The zero-order valence-electron chi connectivity index (χ0n) is 11.8. The van der Waals surface area contributed by atoms with Crippen molar-refractivity contribution >= 4 is 5.91 Å². The van der Waals surface area contributed by atoms with Gasteiger partial charge in [0.15, 0.2) is 0 Å². The molecule has 5 nitrogen and oxygen atoms in total. The molecule has 1 aliphatic carbocycles. The van der Waals surface area contributed by atoms with Gasteiger partial charge in [-0.15, -0.1) is 0 Å². The molecule has 1 spiro atoms. The molecule has 0 aromatic rings. The van der Waals surface area contributed by atoms with Crippen LogP contribution in [-0.4, -0.2) is 73.9 Å². The number of nitrogens with zero attached hydrogens (tertiary/aromatic N) is 2. The summed E-state index contributed by atoms with van der Waals surface area (Å²) in [6.07, 6.45) is 2.75. The highest BCUT2D eigenvalue weighted by molar-refractivity contribution is 5.73. The van der Waals surface area contributed by atoms with E-state index in [4.69, 9.17) is 9.47 Å². The van der Waals surface area contributed by atoms with E-state index >= 15 is 0 Å². The smallest absolute Gasteiger partial charge is 0.219 e. The Kier molecular flexibility index (Phi) is 3.78. The van der Waals surface area contributed by atoms with Crippen molar-refractivity contribution in [2.45, 2.75) is 25.4 Å². The van der Waals surface area contributed by atoms with Crippen molar-refractivity contribution in [1.29, 1.82) is 0 Å². The first kappa shape index (κ1) is 13.3. The minimum absolute atomic E-state index is 0.118. The summed E-state index contributed by atoms with van der Waals surface area (Å²) < 4.78 is 11.7. The second-order valence-corrected chi connectivity index (χ2v) is 6.20. The lowest BCUT2D eigenvalue weighted by atomic mass is 10.0. The van der Waals surface area contributed by atoms with Gasteiger partial charge in [-0.2, -0.15) is 0 Å². The van der Waals surface area contributed by atoms with Crippen LogP contribution in [0.1, 0.15) is 19.8 Å². The Hall–Kier alpha value is -0.650. The van der Waals surface area contributed by atoms with Crippen molar-refractivity contribution in [3.05, 3.63) is 0 Å². The quantitative estimate of drug-likeness (QED) is 0.724. The van der Waals surface area contributed by atoms with Gasteiger partial charge < -0.3 is 14.4 Å². The van der Waals surface area contributed by atoms with Crippen LogP contribution in [0.25, 0.3) is 0 Å². The number of rotatable bonds is 2. The van der Waals surface area contributed by atoms with Gasteiger partial charge in [-0.1, -0.05) is 0 Å². The fourth-order valence-electron chi connectivity index (χ4n) is 3.10. The number of morpholine rings is 1. The standard InChI is InChI=1S/C14H24N2O3/c1-12(17)16-5-6-18-11-14(10-16)9-15(4-7-19-14)8-13-2-3-13/h13H,2-11H2,1H3/t14-/m0/s1. The summed E-state index contributed by atoms with van der Waals surface area (Å²) >= 11 is 0. The van der Waals surface area contributed by atoms with E-state index in [1.54, 1.807) is 6.92 Å². The van der Waals surface area contributed by atoms with E-state index in [0.717, 1.165) is 25.6 Å². The third-order valence-electron chi connectivity index (χ3n) is 4.34. The van der Waals surface area contributed by atoms with Gasteiger partial charge >= 0.3 is 0 Å². The Balaban J connectivity index is 1.66. The Morgan fingerprint density at radius 1 is 1.26 bits per heavy atom. The van der Waals surface area contributed by atoms with Crippen LogP contribution in [0.3, 0.4) is 0 Å². The largest absolute Gasteiger partial charge is 0.376 e. The predicted octanol–water partition coefficient (Wildman–Crippen LogP) is 0.346. The van der Waals surface area contributed by atoms with Crippen molar-refractivity contribution in [3.8, 4) is 0 Å². The third-order valence-corrected chi connectivity index (χ3v) is 4.34. The van der Waals surface area contributed by atoms with Crippen molar-refractivity contribution < 1.29 is 14.3 Å². The molecule has 0 N–H and O–H groups in total. The van der Waals surface area contributed by atoms with E-state index < -0.39 is 0 Å². The van der Waals surface area contributed by atoms with E-state index in [0.29, 0.717) is 26.3 Å². The molecule has 1 saturated carbocycles. The van der Waals surface area contributed by atoms with Crippen LogP contribution in [-0.2, 0) is 14.3 Å². The molecule has 2 aliphatic heterocycles. The van der Waals surface area contributed by atoms with Gasteiger partial charge in [0.1, 0.15) is 5.60 Å². The Labute approximate surface area is 114 Å². The van der Waals surface area contributed by atoms with Crippen LogP contribution in [0.4, 0.5) is 0 Å². The maximum absolute atomic E-state index is 11.6. The molecule has 19 heavy (non-hydrogen) atoms. The summed E-state index contributed by atoms with van der Waals surface area (Å²) in [7, 11) is 0. The fourth-order valence-corrected chi connectivity index (χ4v) is 3.10. The van der Waals surface area contributed by atoms with Gasteiger partial charge in [-0.25, -0.2) is 0 Å². The van der Waals surface area contributed by atoms with Crippen molar-refractivity contribution in [2.75, 3.05) is 52.5 Å². The molecule has 0 aromatic heterocycles. The van der Waals surface area contributed by atoms with E-state index in [1.807, 2.05) is 4.90 Å². The number of carbonyl (C=O) groups is 1. The molecule has 3 aliphatic rings. The Bertz CT molecular complexity index is 346. The second-order valence-electron chi connectivity index (χ2n) is 6.20. The summed E-state index contributed by atoms with van der Waals surface area (Å²) in [5, 5.41) is 0. The molecular weight excluding hydrogens is 244 g/mol. The molecule has 0 unspecified atom stereocenters. The lowest BCUT2D eigenvalue weighted by molar-refractivity contribution is -0.150. The molecule has 2 heterocycles. The van der Waals surface area contributed by atoms with Crippen molar-refractivity contribution in [2.24, 2.45) is 5.92 Å². The van der Waals surface area contributed by atoms with Gasteiger partial charge in [0.2, 0.25) is 5.91 Å². The van der Waals surface area contributed by atoms with Gasteiger partial charge in [0, 0.05) is 33.1 Å². The number of hydrogen-bond donors (Lipinski definition) is 0. The summed E-state index contributed by atoms with van der Waals surface area (Å²) in [5.74, 6) is 1.01. The minimum Gasteiger partial charge on any atom is -0.376 e. The van der Waals surface area contributed by atoms with Crippen molar-refractivity contribution in [3.63, 3.8) is 0 Å². The van der Waals surface area contributed by atoms with Gasteiger partial charge in [-0.05, 0) is 18.8 Å². The maximum atomic E-state index is 11.6. The second kappa shape index (κ2) is 5.38. The van der Waals surface area contributed by atoms with Crippen LogP contribution >= 0.6 is 0 Å². The topological polar surface area (TPSA) is 42.0 Å². The average molecular weight is 268 g/mol. The molecule has 0 bridgehead atoms. The van der Waals surface area contributed by atoms with Gasteiger partial charge in [0.05, 0.1) is 26.4 Å². The van der Waals surface area contributed by atoms with Crippen LogP contribution in [0, 0.1) is 5.92 Å². The van der Waals surface area contributed by atoms with Crippen LogP contribution < -0.4 is 0 Å². The van der Waals surface area contributed by atoms with E-state index in [1.165, 1.54) is 19.4 Å². The molecule has 2 saturated heterocycles. The molecule has 108 valence electrons.